The largest absolute Gasteiger partial charge is 0.370 e. The Balaban J connectivity index is 4.07. The van der Waals surface area contributed by atoms with Crippen LogP contribution in [0.15, 0.2) is 0 Å². The Morgan fingerprint density at radius 3 is 2.13 bits per heavy atom. The van der Waals surface area contributed by atoms with Crippen LogP contribution in [-0.4, -0.2) is 35.8 Å². The summed E-state index contributed by atoms with van der Waals surface area (Å²) in [7, 11) is 0. The van der Waals surface area contributed by atoms with Crippen molar-refractivity contribution in [2.24, 2.45) is 5.92 Å². The molecule has 0 aliphatic heterocycles. The molecule has 1 unspecified atom stereocenters. The molecule has 0 bridgehead atoms. The third kappa shape index (κ3) is 6.22. The topological polar surface area (TPSA) is 43.4 Å². The molecule has 0 aromatic carbocycles. The summed E-state index contributed by atoms with van der Waals surface area (Å²) in [5.41, 5.74) is 0. The van der Waals surface area contributed by atoms with Crippen LogP contribution in [0.25, 0.3) is 0 Å². The van der Waals surface area contributed by atoms with Gasteiger partial charge in [0, 0.05) is 11.7 Å². The second-order valence-corrected chi connectivity index (χ2v) is 4.25. The second-order valence-electron chi connectivity index (χ2n) is 3.44. The van der Waals surface area contributed by atoms with Gasteiger partial charge in [0.1, 0.15) is 11.9 Å². The van der Waals surface area contributed by atoms with Crippen molar-refractivity contribution in [1.82, 2.24) is 0 Å². The van der Waals surface area contributed by atoms with Crippen molar-refractivity contribution in [1.29, 1.82) is 0 Å². The Morgan fingerprint density at radius 1 is 1.20 bits per heavy atom. The van der Waals surface area contributed by atoms with Crippen LogP contribution in [0.5, 0.6) is 0 Å². The summed E-state index contributed by atoms with van der Waals surface area (Å²) in [6.45, 7) is 3.25. The first-order valence-corrected chi connectivity index (χ1v) is 6.13. The minimum atomic E-state index is -0.441. The van der Waals surface area contributed by atoms with Crippen molar-refractivity contribution >= 4 is 36.8 Å². The molecule has 0 saturated heterocycles. The number of carbonyl (C=O) groups excluding carboxylic acids is 2. The fourth-order valence-corrected chi connectivity index (χ4v) is 1.65. The Labute approximate surface area is 102 Å². The van der Waals surface area contributed by atoms with Gasteiger partial charge in [0.05, 0.1) is 6.61 Å². The summed E-state index contributed by atoms with van der Waals surface area (Å²) in [5.74, 6) is 0.829. The minimum Gasteiger partial charge on any atom is -0.370 e. The summed E-state index contributed by atoms with van der Waals surface area (Å²) in [5, 5.41) is 0. The molecular formula is C10H18O3S2. The maximum Gasteiger partial charge on any atom is 0.158 e. The van der Waals surface area contributed by atoms with E-state index in [9.17, 15) is 9.59 Å². The van der Waals surface area contributed by atoms with Gasteiger partial charge in [-0.25, -0.2) is 0 Å². The standard InChI is InChI=1S/C10H18O3S2/c1-7(11)9(6-15)5-13-10(3-4-14)8(2)12/h9-10,14-15H,3-6H2,1-2H3/t9?,10-/m0/s1. The molecule has 0 N–H and O–H groups in total. The number of hydrogen-bond donors (Lipinski definition) is 2. The molecule has 0 aliphatic carbocycles. The first kappa shape index (κ1) is 15.0. The third-order valence-electron chi connectivity index (χ3n) is 2.14. The van der Waals surface area contributed by atoms with E-state index in [4.69, 9.17) is 4.74 Å². The molecule has 0 aromatic rings. The van der Waals surface area contributed by atoms with E-state index in [1.165, 1.54) is 13.8 Å². The van der Waals surface area contributed by atoms with Gasteiger partial charge in [0.25, 0.3) is 0 Å². The quantitative estimate of drug-likeness (QED) is 0.640. The molecule has 2 atom stereocenters. The zero-order valence-electron chi connectivity index (χ0n) is 9.10. The number of ether oxygens (including phenoxy) is 1. The summed E-state index contributed by atoms with van der Waals surface area (Å²) < 4.78 is 5.39. The summed E-state index contributed by atoms with van der Waals surface area (Å²) in [6, 6.07) is 0. The van der Waals surface area contributed by atoms with Crippen LogP contribution in [0.1, 0.15) is 20.3 Å². The van der Waals surface area contributed by atoms with E-state index in [2.05, 4.69) is 25.3 Å². The molecule has 5 heteroatoms. The molecule has 88 valence electrons. The predicted octanol–water partition coefficient (Wildman–Crippen LogP) is 1.42. The lowest BCUT2D eigenvalue weighted by atomic mass is 10.1. The van der Waals surface area contributed by atoms with Gasteiger partial charge in [-0.3, -0.25) is 9.59 Å². The highest BCUT2D eigenvalue weighted by Gasteiger charge is 2.18. The second kappa shape index (κ2) is 8.19. The number of carbonyl (C=O) groups is 2. The molecule has 0 aliphatic rings. The average molecular weight is 250 g/mol. The molecule has 0 aromatic heterocycles. The van der Waals surface area contributed by atoms with Gasteiger partial charge in [-0.05, 0) is 26.0 Å². The fourth-order valence-electron chi connectivity index (χ4n) is 1.05. The van der Waals surface area contributed by atoms with Crippen LogP contribution in [0.2, 0.25) is 0 Å². The molecule has 0 amide bonds. The SMILES string of the molecule is CC(=O)C(CS)CO[C@@H](CCS)C(C)=O. The minimum absolute atomic E-state index is 0.0227. The molecule has 0 saturated carbocycles. The van der Waals surface area contributed by atoms with Crippen LogP contribution < -0.4 is 0 Å². The predicted molar refractivity (Wildman–Crippen MR) is 66.9 cm³/mol. The van der Waals surface area contributed by atoms with Crippen LogP contribution in [0.3, 0.4) is 0 Å². The van der Waals surface area contributed by atoms with Crippen molar-refractivity contribution in [3.8, 4) is 0 Å². The maximum absolute atomic E-state index is 11.1. The smallest absolute Gasteiger partial charge is 0.158 e. The van der Waals surface area contributed by atoms with Crippen molar-refractivity contribution in [2.45, 2.75) is 26.4 Å². The monoisotopic (exact) mass is 250 g/mol. The average Bonchev–Trinajstić information content (AvgIpc) is 2.16. The van der Waals surface area contributed by atoms with Crippen LogP contribution >= 0.6 is 25.3 Å². The first-order valence-electron chi connectivity index (χ1n) is 4.87. The third-order valence-corrected chi connectivity index (χ3v) is 2.84. The molecular weight excluding hydrogens is 232 g/mol. The number of ketones is 2. The first-order chi connectivity index (χ1) is 7.02. The van der Waals surface area contributed by atoms with Crippen molar-refractivity contribution in [3.05, 3.63) is 0 Å². The molecule has 0 rings (SSSR count). The Morgan fingerprint density at radius 2 is 1.80 bits per heavy atom. The molecule has 15 heavy (non-hydrogen) atoms. The zero-order chi connectivity index (χ0) is 11.8. The van der Waals surface area contributed by atoms with E-state index >= 15 is 0 Å². The highest BCUT2D eigenvalue weighted by molar-refractivity contribution is 7.80. The van der Waals surface area contributed by atoms with E-state index < -0.39 is 6.10 Å². The normalized spacial score (nSPS) is 14.7. The van der Waals surface area contributed by atoms with E-state index in [0.29, 0.717) is 17.9 Å². The fraction of sp³-hybridized carbons (Fsp3) is 0.800. The van der Waals surface area contributed by atoms with Gasteiger partial charge in [-0.15, -0.1) is 0 Å². The van der Waals surface area contributed by atoms with E-state index in [1.807, 2.05) is 0 Å². The zero-order valence-corrected chi connectivity index (χ0v) is 10.9. The van der Waals surface area contributed by atoms with E-state index in [0.717, 1.165) is 0 Å². The number of thiol groups is 2. The van der Waals surface area contributed by atoms with Crippen LogP contribution in [0.4, 0.5) is 0 Å². The Bertz CT molecular complexity index is 219. The van der Waals surface area contributed by atoms with E-state index in [-0.39, 0.29) is 24.1 Å². The maximum atomic E-state index is 11.1. The van der Waals surface area contributed by atoms with Gasteiger partial charge in [0.15, 0.2) is 5.78 Å². The van der Waals surface area contributed by atoms with Gasteiger partial charge < -0.3 is 4.74 Å². The van der Waals surface area contributed by atoms with Gasteiger partial charge in [-0.2, -0.15) is 25.3 Å². The summed E-state index contributed by atoms with van der Waals surface area (Å²) in [6.07, 6.45) is 0.138. The lowest BCUT2D eigenvalue weighted by Crippen LogP contribution is -2.28. The molecule has 0 heterocycles. The number of Topliss-reactive ketones (excluding diaryl/α,β-unsaturated/α-hetero) is 2. The Hall–Kier alpha value is -0.0000000000000000555. The lowest BCUT2D eigenvalue weighted by molar-refractivity contribution is -0.132. The van der Waals surface area contributed by atoms with E-state index in [1.54, 1.807) is 0 Å². The van der Waals surface area contributed by atoms with Crippen molar-refractivity contribution in [2.75, 3.05) is 18.1 Å². The number of hydrogen-bond acceptors (Lipinski definition) is 5. The van der Waals surface area contributed by atoms with Gasteiger partial charge in [-0.1, -0.05) is 0 Å². The molecule has 0 spiro atoms. The highest BCUT2D eigenvalue weighted by Crippen LogP contribution is 2.08. The van der Waals surface area contributed by atoms with Gasteiger partial charge in [0.2, 0.25) is 0 Å². The van der Waals surface area contributed by atoms with Gasteiger partial charge >= 0.3 is 0 Å². The Kier molecular flexibility index (Phi) is 8.19. The van der Waals surface area contributed by atoms with Crippen molar-refractivity contribution in [3.63, 3.8) is 0 Å². The van der Waals surface area contributed by atoms with Crippen molar-refractivity contribution < 1.29 is 14.3 Å². The molecule has 0 radical (unpaired) electrons. The summed E-state index contributed by atoms with van der Waals surface area (Å²) in [4.78, 5) is 22.2. The molecule has 3 nitrogen and oxygen atoms in total. The lowest BCUT2D eigenvalue weighted by Gasteiger charge is -2.17. The highest BCUT2D eigenvalue weighted by atomic mass is 32.1. The number of rotatable bonds is 8. The summed E-state index contributed by atoms with van der Waals surface area (Å²) >= 11 is 8.11. The van der Waals surface area contributed by atoms with Crippen LogP contribution in [-0.2, 0) is 14.3 Å². The molecule has 0 fully saturated rings. The van der Waals surface area contributed by atoms with Crippen LogP contribution in [0, 0.1) is 5.92 Å².